The lowest BCUT2D eigenvalue weighted by Crippen LogP contribution is -2.39. The van der Waals surface area contributed by atoms with Crippen LogP contribution >= 0.6 is 22.7 Å². The maximum absolute atomic E-state index is 13.5. The molecule has 176 valence electrons. The molecule has 0 amide bonds. The van der Waals surface area contributed by atoms with Crippen molar-refractivity contribution in [3.05, 3.63) is 119 Å². The average molecular weight is 503 g/mol. The first-order valence-corrected chi connectivity index (χ1v) is 12.7. The van der Waals surface area contributed by atoms with Gasteiger partial charge in [-0.1, -0.05) is 59.9 Å². The molecule has 3 heterocycles. The first-order chi connectivity index (χ1) is 17.0. The summed E-state index contributed by atoms with van der Waals surface area (Å²) in [5.41, 5.74) is 2.72. The number of ether oxygens (including phenoxy) is 2. The molecule has 35 heavy (non-hydrogen) atoms. The van der Waals surface area contributed by atoms with E-state index in [0.29, 0.717) is 27.2 Å². The number of carbonyl (C=O) groups excluding carboxylic acids is 1. The van der Waals surface area contributed by atoms with E-state index in [-0.39, 0.29) is 5.56 Å². The van der Waals surface area contributed by atoms with Crippen LogP contribution in [0.4, 0.5) is 0 Å². The van der Waals surface area contributed by atoms with Crippen molar-refractivity contribution in [2.45, 2.75) is 19.6 Å². The molecule has 2 aromatic carbocycles. The Morgan fingerprint density at radius 2 is 1.86 bits per heavy atom. The van der Waals surface area contributed by atoms with Gasteiger partial charge in [0.05, 0.1) is 22.9 Å². The Morgan fingerprint density at radius 1 is 1.09 bits per heavy atom. The quantitative estimate of drug-likeness (QED) is 0.373. The van der Waals surface area contributed by atoms with Crippen LogP contribution in [-0.2, 0) is 16.1 Å². The molecule has 5 rings (SSSR count). The van der Waals surface area contributed by atoms with Crippen molar-refractivity contribution in [1.82, 2.24) is 4.57 Å². The second-order valence-electron chi connectivity index (χ2n) is 7.93. The zero-order valence-corrected chi connectivity index (χ0v) is 20.8. The number of hydrogen-bond donors (Lipinski definition) is 0. The topological polar surface area (TPSA) is 69.9 Å². The molecule has 0 spiro atoms. The number of aromatic nitrogens is 1. The van der Waals surface area contributed by atoms with Crippen LogP contribution in [-0.4, -0.2) is 17.6 Å². The third-order valence-electron chi connectivity index (χ3n) is 5.67. The van der Waals surface area contributed by atoms with Crippen LogP contribution in [0, 0.1) is 0 Å². The largest absolute Gasteiger partial charge is 0.489 e. The third kappa shape index (κ3) is 4.62. The van der Waals surface area contributed by atoms with E-state index in [1.54, 1.807) is 11.5 Å². The summed E-state index contributed by atoms with van der Waals surface area (Å²) in [6.45, 7) is 2.27. The van der Waals surface area contributed by atoms with E-state index in [1.807, 2.05) is 78.2 Å². The van der Waals surface area contributed by atoms with Gasteiger partial charge in [-0.3, -0.25) is 9.36 Å². The summed E-state index contributed by atoms with van der Waals surface area (Å²) < 4.78 is 13.0. The summed E-state index contributed by atoms with van der Waals surface area (Å²) in [7, 11) is 1.34. The number of thiazole rings is 1. The van der Waals surface area contributed by atoms with E-state index in [4.69, 9.17) is 9.47 Å². The Bertz CT molecular complexity index is 1560. The van der Waals surface area contributed by atoms with E-state index in [9.17, 15) is 9.59 Å². The number of allylic oxidation sites excluding steroid dienone is 1. The summed E-state index contributed by atoms with van der Waals surface area (Å²) in [5, 5.41) is 1.93. The molecule has 0 radical (unpaired) electrons. The molecule has 0 unspecified atom stereocenters. The molecule has 1 atom stereocenters. The van der Waals surface area contributed by atoms with E-state index in [1.165, 1.54) is 29.8 Å². The lowest BCUT2D eigenvalue weighted by molar-refractivity contribution is -0.136. The number of nitrogens with zero attached hydrogens (tertiary/aromatic N) is 2. The summed E-state index contributed by atoms with van der Waals surface area (Å²) in [4.78, 5) is 32.1. The number of methoxy groups -OCH3 is 1. The fraction of sp³-hybridized carbons (Fsp3) is 0.148. The lowest BCUT2D eigenvalue weighted by Gasteiger charge is -2.22. The van der Waals surface area contributed by atoms with Gasteiger partial charge >= 0.3 is 5.97 Å². The number of thiophene rings is 1. The van der Waals surface area contributed by atoms with Crippen molar-refractivity contribution in [2.24, 2.45) is 4.99 Å². The second kappa shape index (κ2) is 9.85. The number of esters is 1. The van der Waals surface area contributed by atoms with Crippen LogP contribution in [0.25, 0.3) is 6.08 Å². The molecule has 0 saturated carbocycles. The van der Waals surface area contributed by atoms with Gasteiger partial charge in [-0.05, 0) is 47.7 Å². The molecule has 8 heteroatoms. The van der Waals surface area contributed by atoms with Crippen LogP contribution in [0.1, 0.15) is 29.0 Å². The number of carbonyl (C=O) groups is 1. The van der Waals surface area contributed by atoms with Gasteiger partial charge in [0.2, 0.25) is 0 Å². The molecular weight excluding hydrogens is 480 g/mol. The molecular formula is C27H22N2O4S2. The number of fused-ring (bicyclic) bond motifs is 1. The Labute approximate surface area is 209 Å². The molecule has 0 fully saturated rings. The monoisotopic (exact) mass is 502 g/mol. The Balaban J connectivity index is 1.48. The van der Waals surface area contributed by atoms with Gasteiger partial charge in [-0.2, -0.15) is 0 Å². The molecule has 6 nitrogen and oxygen atoms in total. The van der Waals surface area contributed by atoms with Gasteiger partial charge in [0, 0.05) is 4.88 Å². The van der Waals surface area contributed by atoms with E-state index in [2.05, 4.69) is 4.99 Å². The number of benzene rings is 2. The Hall–Kier alpha value is -3.75. The highest BCUT2D eigenvalue weighted by Crippen LogP contribution is 2.33. The molecule has 0 aliphatic carbocycles. The summed E-state index contributed by atoms with van der Waals surface area (Å²) in [5.74, 6) is 0.272. The first-order valence-electron chi connectivity index (χ1n) is 11.0. The minimum Gasteiger partial charge on any atom is -0.489 e. The molecule has 1 aliphatic rings. The zero-order chi connectivity index (χ0) is 24.4. The van der Waals surface area contributed by atoms with Crippen molar-refractivity contribution in [1.29, 1.82) is 0 Å². The molecule has 0 saturated heterocycles. The Kier molecular flexibility index (Phi) is 6.48. The fourth-order valence-electron chi connectivity index (χ4n) is 3.96. The molecule has 1 aliphatic heterocycles. The van der Waals surface area contributed by atoms with Crippen molar-refractivity contribution < 1.29 is 14.3 Å². The fourth-order valence-corrected chi connectivity index (χ4v) is 5.83. The van der Waals surface area contributed by atoms with Gasteiger partial charge in [0.1, 0.15) is 18.4 Å². The number of rotatable bonds is 6. The predicted octanol–water partition coefficient (Wildman–Crippen LogP) is 4.05. The smallest absolute Gasteiger partial charge is 0.338 e. The SMILES string of the molecule is COC(=O)C1=C(C)N=c2s/c(=C\c3ccc(OCc4ccccc4)cc3)c(=O)n2[C@@H]1c1cccs1. The normalized spacial score (nSPS) is 15.5. The second-order valence-corrected chi connectivity index (χ2v) is 9.92. The standard InChI is InChI=1S/C27H22N2O4S2/c1-17-23(26(31)32-2)24(21-9-6-14-34-21)29-25(30)22(35-27(29)28-17)15-18-10-12-20(13-11-18)33-16-19-7-4-3-5-8-19/h3-15,24H,16H2,1-2H3/b22-15-/t24-/m1/s1. The minimum atomic E-state index is -0.561. The van der Waals surface area contributed by atoms with Crippen LogP contribution in [0.5, 0.6) is 5.75 Å². The Morgan fingerprint density at radius 3 is 2.54 bits per heavy atom. The summed E-state index contributed by atoms with van der Waals surface area (Å²) in [6.07, 6.45) is 1.84. The van der Waals surface area contributed by atoms with Crippen molar-refractivity contribution in [2.75, 3.05) is 7.11 Å². The van der Waals surface area contributed by atoms with Crippen LogP contribution in [0.2, 0.25) is 0 Å². The third-order valence-corrected chi connectivity index (χ3v) is 7.57. The zero-order valence-electron chi connectivity index (χ0n) is 19.1. The molecule has 2 aromatic heterocycles. The highest BCUT2D eigenvalue weighted by atomic mass is 32.1. The van der Waals surface area contributed by atoms with Gasteiger partial charge in [0.25, 0.3) is 5.56 Å². The highest BCUT2D eigenvalue weighted by Gasteiger charge is 2.33. The first kappa shape index (κ1) is 23.0. The van der Waals surface area contributed by atoms with Gasteiger partial charge in [0.15, 0.2) is 4.80 Å². The van der Waals surface area contributed by atoms with Crippen molar-refractivity contribution in [3.8, 4) is 5.75 Å². The lowest BCUT2D eigenvalue weighted by atomic mass is 10.0. The number of hydrogen-bond acceptors (Lipinski definition) is 7. The summed E-state index contributed by atoms with van der Waals surface area (Å²) >= 11 is 2.80. The van der Waals surface area contributed by atoms with Gasteiger partial charge < -0.3 is 9.47 Å². The maximum Gasteiger partial charge on any atom is 0.338 e. The van der Waals surface area contributed by atoms with Gasteiger partial charge in [-0.15, -0.1) is 11.3 Å². The molecule has 0 bridgehead atoms. The van der Waals surface area contributed by atoms with Crippen LogP contribution in [0.3, 0.4) is 0 Å². The van der Waals surface area contributed by atoms with Crippen molar-refractivity contribution >= 4 is 34.7 Å². The van der Waals surface area contributed by atoms with E-state index < -0.39 is 12.0 Å². The maximum atomic E-state index is 13.5. The average Bonchev–Trinajstić information content (AvgIpc) is 3.52. The minimum absolute atomic E-state index is 0.189. The van der Waals surface area contributed by atoms with E-state index >= 15 is 0 Å². The molecule has 0 N–H and O–H groups in total. The van der Waals surface area contributed by atoms with Crippen LogP contribution in [0.15, 0.2) is 93.2 Å². The summed E-state index contributed by atoms with van der Waals surface area (Å²) in [6, 6.07) is 20.9. The van der Waals surface area contributed by atoms with Gasteiger partial charge in [-0.25, -0.2) is 9.79 Å². The van der Waals surface area contributed by atoms with E-state index in [0.717, 1.165) is 21.8 Å². The highest BCUT2D eigenvalue weighted by molar-refractivity contribution is 7.10. The van der Waals surface area contributed by atoms with Crippen LogP contribution < -0.4 is 19.6 Å². The molecule has 4 aromatic rings. The predicted molar refractivity (Wildman–Crippen MR) is 137 cm³/mol. The van der Waals surface area contributed by atoms with Crippen molar-refractivity contribution in [3.63, 3.8) is 0 Å².